The molecular weight excluding hydrogens is 226 g/mol. The van der Waals surface area contributed by atoms with E-state index in [0.29, 0.717) is 5.69 Å². The van der Waals surface area contributed by atoms with Crippen molar-refractivity contribution in [3.05, 3.63) is 29.8 Å². The highest BCUT2D eigenvalue weighted by atomic mass is 32.1. The number of hydrogen-bond acceptors (Lipinski definition) is 3. The highest BCUT2D eigenvalue weighted by Crippen LogP contribution is 2.08. The van der Waals surface area contributed by atoms with Gasteiger partial charge in [0.05, 0.1) is 5.56 Å². The van der Waals surface area contributed by atoms with Gasteiger partial charge >= 0.3 is 5.97 Å². The molecule has 1 aromatic rings. The molecule has 0 aliphatic rings. The molecule has 5 N–H and O–H groups in total. The molecule has 16 heavy (non-hydrogen) atoms. The van der Waals surface area contributed by atoms with Gasteiger partial charge < -0.3 is 15.8 Å². The highest BCUT2D eigenvalue weighted by molar-refractivity contribution is 7.80. The number of nitrogens with two attached hydrogens (primary N) is 1. The number of hydrazine groups is 1. The summed E-state index contributed by atoms with van der Waals surface area (Å²) in [7, 11) is 0. The summed E-state index contributed by atoms with van der Waals surface area (Å²) in [4.78, 5) is 10.5. The van der Waals surface area contributed by atoms with E-state index in [1.807, 2.05) is 13.8 Å². The maximum absolute atomic E-state index is 10.5. The van der Waals surface area contributed by atoms with Crippen LogP contribution in [0, 0.1) is 0 Å². The molecule has 0 saturated heterocycles. The Labute approximate surface area is 99.6 Å². The number of carboxylic acid groups (broad SMARTS) is 1. The first-order valence-corrected chi connectivity index (χ1v) is 5.15. The number of aromatic carboxylic acids is 1. The summed E-state index contributed by atoms with van der Waals surface area (Å²) in [6.07, 6.45) is 0. The topological polar surface area (TPSA) is 87.4 Å². The summed E-state index contributed by atoms with van der Waals surface area (Å²) in [5, 5.41) is 11.7. The van der Waals surface area contributed by atoms with Crippen molar-refractivity contribution in [3.63, 3.8) is 0 Å². The first-order chi connectivity index (χ1) is 7.63. The van der Waals surface area contributed by atoms with Crippen LogP contribution in [0.1, 0.15) is 24.2 Å². The number of anilines is 1. The fourth-order valence-corrected chi connectivity index (χ4v) is 0.981. The van der Waals surface area contributed by atoms with Gasteiger partial charge in [-0.25, -0.2) is 10.6 Å². The quantitative estimate of drug-likeness (QED) is 0.357. The van der Waals surface area contributed by atoms with Crippen molar-refractivity contribution in [1.29, 1.82) is 0 Å². The molecule has 1 aromatic carbocycles. The molecule has 0 aromatic heterocycles. The van der Waals surface area contributed by atoms with Crippen molar-refractivity contribution in [2.24, 2.45) is 5.84 Å². The Hall–Kier alpha value is -1.66. The molecule has 0 bridgehead atoms. The van der Waals surface area contributed by atoms with Gasteiger partial charge in [0, 0.05) is 5.69 Å². The number of hydrogen-bond donors (Lipinski definition) is 4. The van der Waals surface area contributed by atoms with E-state index in [-0.39, 0.29) is 10.7 Å². The number of thiocarbonyl (C=S) groups is 1. The van der Waals surface area contributed by atoms with Crippen LogP contribution in [0.2, 0.25) is 0 Å². The van der Waals surface area contributed by atoms with Gasteiger partial charge in [-0.3, -0.25) is 0 Å². The fourth-order valence-electron chi connectivity index (χ4n) is 0.863. The largest absolute Gasteiger partial charge is 0.478 e. The Morgan fingerprint density at radius 2 is 1.81 bits per heavy atom. The molecule has 0 aliphatic carbocycles. The molecule has 0 fully saturated rings. The van der Waals surface area contributed by atoms with E-state index in [2.05, 4.69) is 10.7 Å². The van der Waals surface area contributed by atoms with Crippen LogP contribution in [-0.4, -0.2) is 16.2 Å². The molecule has 0 saturated carbocycles. The smallest absolute Gasteiger partial charge is 0.335 e. The summed E-state index contributed by atoms with van der Waals surface area (Å²) in [6.45, 7) is 4.00. The molecule has 0 radical (unpaired) electrons. The molecule has 5 nitrogen and oxygen atoms in total. The monoisotopic (exact) mass is 241 g/mol. The minimum Gasteiger partial charge on any atom is -0.478 e. The zero-order valence-corrected chi connectivity index (χ0v) is 9.97. The van der Waals surface area contributed by atoms with Crippen molar-refractivity contribution in [2.75, 3.05) is 5.32 Å². The minimum absolute atomic E-state index is 0.224. The number of nitrogens with one attached hydrogen (secondary N) is 2. The highest BCUT2D eigenvalue weighted by Gasteiger charge is 2.01. The molecule has 6 heteroatoms. The van der Waals surface area contributed by atoms with Gasteiger partial charge in [-0.05, 0) is 36.5 Å². The summed E-state index contributed by atoms with van der Waals surface area (Å²) in [5.74, 6) is 4.09. The Morgan fingerprint density at radius 1 is 1.31 bits per heavy atom. The average molecular weight is 241 g/mol. The van der Waals surface area contributed by atoms with Gasteiger partial charge in [0.2, 0.25) is 0 Å². The van der Waals surface area contributed by atoms with Crippen LogP contribution >= 0.6 is 12.2 Å². The number of benzene rings is 1. The maximum Gasteiger partial charge on any atom is 0.335 e. The Balaban J connectivity index is 0.00000106. The Bertz CT molecular complexity index is 352. The second kappa shape index (κ2) is 7.61. The van der Waals surface area contributed by atoms with E-state index in [0.717, 1.165) is 0 Å². The van der Waals surface area contributed by atoms with Crippen molar-refractivity contribution in [2.45, 2.75) is 13.8 Å². The van der Waals surface area contributed by atoms with Gasteiger partial charge in [-0.15, -0.1) is 0 Å². The molecule has 0 amide bonds. The summed E-state index contributed by atoms with van der Waals surface area (Å²) >= 11 is 4.76. The summed E-state index contributed by atoms with van der Waals surface area (Å²) in [6, 6.07) is 6.16. The predicted molar refractivity (Wildman–Crippen MR) is 68.3 cm³/mol. The second-order valence-corrected chi connectivity index (χ2v) is 2.89. The first-order valence-electron chi connectivity index (χ1n) is 4.74. The second-order valence-electron chi connectivity index (χ2n) is 2.48. The third-order valence-corrected chi connectivity index (χ3v) is 1.74. The fraction of sp³-hybridized carbons (Fsp3) is 0.200. The molecule has 0 aliphatic heterocycles. The lowest BCUT2D eigenvalue weighted by molar-refractivity contribution is 0.0697. The number of carbonyl (C=O) groups is 1. The van der Waals surface area contributed by atoms with Gasteiger partial charge in [0.25, 0.3) is 0 Å². The maximum atomic E-state index is 10.5. The molecular formula is C10H15N3O2S. The van der Waals surface area contributed by atoms with Gasteiger partial charge in [-0.2, -0.15) is 0 Å². The van der Waals surface area contributed by atoms with E-state index in [1.165, 1.54) is 12.1 Å². The molecule has 0 heterocycles. The molecule has 0 unspecified atom stereocenters. The summed E-state index contributed by atoms with van der Waals surface area (Å²) < 4.78 is 0. The zero-order valence-electron chi connectivity index (χ0n) is 9.15. The van der Waals surface area contributed by atoms with Crippen molar-refractivity contribution in [3.8, 4) is 0 Å². The van der Waals surface area contributed by atoms with Crippen LogP contribution in [0.15, 0.2) is 24.3 Å². The standard InChI is InChI=1S/C8H9N3O2S.C2H6/c9-11-8(14)10-6-3-1-5(2-4-6)7(12)13;1-2/h1-4H,9H2,(H,12,13)(H2,10,11,14);1-2H3. The molecule has 88 valence electrons. The van der Waals surface area contributed by atoms with Crippen LogP contribution in [0.5, 0.6) is 0 Å². The van der Waals surface area contributed by atoms with Crippen LogP contribution in [0.25, 0.3) is 0 Å². The van der Waals surface area contributed by atoms with Crippen LogP contribution < -0.4 is 16.6 Å². The SMILES string of the molecule is CC.NNC(=S)Nc1ccc(C(=O)O)cc1. The Kier molecular flexibility index (Phi) is 6.82. The minimum atomic E-state index is -0.962. The third kappa shape index (κ3) is 4.72. The number of carboxylic acids is 1. The van der Waals surface area contributed by atoms with Crippen molar-refractivity contribution in [1.82, 2.24) is 5.43 Å². The Morgan fingerprint density at radius 3 is 2.19 bits per heavy atom. The molecule has 0 spiro atoms. The van der Waals surface area contributed by atoms with E-state index in [4.69, 9.17) is 23.2 Å². The average Bonchev–Trinajstić information content (AvgIpc) is 2.32. The zero-order chi connectivity index (χ0) is 12.6. The third-order valence-electron chi connectivity index (χ3n) is 1.52. The lowest BCUT2D eigenvalue weighted by atomic mass is 10.2. The first kappa shape index (κ1) is 14.3. The van der Waals surface area contributed by atoms with Crippen LogP contribution in [-0.2, 0) is 0 Å². The van der Waals surface area contributed by atoms with Crippen molar-refractivity contribution < 1.29 is 9.90 Å². The van der Waals surface area contributed by atoms with Crippen LogP contribution in [0.4, 0.5) is 5.69 Å². The van der Waals surface area contributed by atoms with E-state index in [9.17, 15) is 4.79 Å². The van der Waals surface area contributed by atoms with Gasteiger partial charge in [0.15, 0.2) is 5.11 Å². The van der Waals surface area contributed by atoms with Crippen molar-refractivity contribution >= 4 is 29.0 Å². The molecule has 0 atom stereocenters. The van der Waals surface area contributed by atoms with Gasteiger partial charge in [0.1, 0.15) is 0 Å². The lowest BCUT2D eigenvalue weighted by Crippen LogP contribution is -2.34. The van der Waals surface area contributed by atoms with Crippen LogP contribution in [0.3, 0.4) is 0 Å². The lowest BCUT2D eigenvalue weighted by Gasteiger charge is -2.06. The summed E-state index contributed by atoms with van der Waals surface area (Å²) in [5.41, 5.74) is 3.16. The predicted octanol–water partition coefficient (Wildman–Crippen LogP) is 1.57. The van der Waals surface area contributed by atoms with Gasteiger partial charge in [-0.1, -0.05) is 13.8 Å². The van der Waals surface area contributed by atoms with E-state index >= 15 is 0 Å². The normalized spacial score (nSPS) is 8.44. The molecule has 1 rings (SSSR count). The number of rotatable bonds is 2. The van der Waals surface area contributed by atoms with E-state index in [1.54, 1.807) is 12.1 Å². The van der Waals surface area contributed by atoms with E-state index < -0.39 is 5.97 Å².